The molecular formula is C21H31FO4. The Labute approximate surface area is 154 Å². The fraction of sp³-hybridized carbons (Fsp3) is 0.905. The molecule has 4 saturated carbocycles. The lowest BCUT2D eigenvalue weighted by atomic mass is 9.43. The zero-order valence-corrected chi connectivity index (χ0v) is 16.1. The summed E-state index contributed by atoms with van der Waals surface area (Å²) in [7, 11) is 0. The number of alkyl halides is 1. The molecule has 4 aliphatic carbocycles. The molecule has 0 unspecified atom stereocenters. The summed E-state index contributed by atoms with van der Waals surface area (Å²) in [4.78, 5) is 23.8. The molecule has 4 fully saturated rings. The molecule has 4 rings (SSSR count). The van der Waals surface area contributed by atoms with Gasteiger partial charge in [-0.1, -0.05) is 13.8 Å². The van der Waals surface area contributed by atoms with Crippen molar-refractivity contribution < 1.29 is 23.8 Å². The first-order valence-electron chi connectivity index (χ1n) is 10.2. The summed E-state index contributed by atoms with van der Waals surface area (Å²) >= 11 is 0. The van der Waals surface area contributed by atoms with Gasteiger partial charge in [-0.2, -0.15) is 0 Å². The average Bonchev–Trinajstić information content (AvgIpc) is 2.84. The third-order valence-corrected chi connectivity index (χ3v) is 8.73. The Morgan fingerprint density at radius 2 is 1.92 bits per heavy atom. The first-order valence-corrected chi connectivity index (χ1v) is 10.2. The van der Waals surface area contributed by atoms with Gasteiger partial charge < -0.3 is 9.84 Å². The minimum atomic E-state index is -1.65. The topological polar surface area (TPSA) is 63.6 Å². The van der Waals surface area contributed by atoms with E-state index in [1.807, 2.05) is 13.8 Å². The van der Waals surface area contributed by atoms with Crippen LogP contribution in [-0.4, -0.2) is 34.7 Å². The van der Waals surface area contributed by atoms with Crippen LogP contribution in [0.15, 0.2) is 0 Å². The second-order valence-electron chi connectivity index (χ2n) is 9.78. The Morgan fingerprint density at radius 1 is 1.19 bits per heavy atom. The molecule has 8 atom stereocenters. The number of fused-ring (bicyclic) bond motifs is 5. The summed E-state index contributed by atoms with van der Waals surface area (Å²) in [6.45, 7) is 5.36. The van der Waals surface area contributed by atoms with Crippen LogP contribution in [0.3, 0.4) is 0 Å². The molecule has 4 aliphatic rings. The van der Waals surface area contributed by atoms with Crippen molar-refractivity contribution in [3.63, 3.8) is 0 Å². The van der Waals surface area contributed by atoms with Crippen LogP contribution >= 0.6 is 0 Å². The van der Waals surface area contributed by atoms with Crippen molar-refractivity contribution in [1.82, 2.24) is 0 Å². The van der Waals surface area contributed by atoms with Gasteiger partial charge in [-0.25, -0.2) is 4.39 Å². The number of ether oxygens (including phenoxy) is 1. The molecule has 146 valence electrons. The second kappa shape index (κ2) is 5.76. The van der Waals surface area contributed by atoms with E-state index in [1.54, 1.807) is 0 Å². The number of rotatable bonds is 1. The number of Topliss-reactive ketones (excluding diaryl/α,β-unsaturated/α-hetero) is 1. The van der Waals surface area contributed by atoms with Gasteiger partial charge in [0.2, 0.25) is 0 Å². The number of ketones is 1. The van der Waals surface area contributed by atoms with Crippen molar-refractivity contribution in [1.29, 1.82) is 0 Å². The molecule has 0 spiro atoms. The predicted molar refractivity (Wildman–Crippen MR) is 94.0 cm³/mol. The van der Waals surface area contributed by atoms with Crippen molar-refractivity contribution in [2.24, 2.45) is 28.6 Å². The first-order chi connectivity index (χ1) is 12.1. The zero-order chi connectivity index (χ0) is 18.9. The standard InChI is InChI=1S/C21H31FO4/c1-12(23)26-14-8-9-20(3)13(10-14)4-5-16-15-6-7-17(24)19(15,2)11-18(25)21(16,20)22/h13-16,18,25H,4-11H2,1-3H3/t13-,14-,15-,16-,18-,19-,20-,21-/m0/s1. The summed E-state index contributed by atoms with van der Waals surface area (Å²) in [6, 6.07) is 0. The van der Waals surface area contributed by atoms with Gasteiger partial charge in [0.05, 0.1) is 6.10 Å². The van der Waals surface area contributed by atoms with Gasteiger partial charge in [-0.05, 0) is 62.7 Å². The molecule has 0 aromatic rings. The number of esters is 1. The highest BCUT2D eigenvalue weighted by Crippen LogP contribution is 2.68. The molecule has 0 bridgehead atoms. The molecule has 1 N–H and O–H groups in total. The van der Waals surface area contributed by atoms with E-state index in [0.717, 1.165) is 12.8 Å². The summed E-state index contributed by atoms with van der Waals surface area (Å²) < 4.78 is 22.2. The summed E-state index contributed by atoms with van der Waals surface area (Å²) in [5.41, 5.74) is -2.82. The van der Waals surface area contributed by atoms with Crippen molar-refractivity contribution in [3.05, 3.63) is 0 Å². The highest BCUT2D eigenvalue weighted by Gasteiger charge is 2.71. The van der Waals surface area contributed by atoms with Crippen molar-refractivity contribution >= 4 is 11.8 Å². The van der Waals surface area contributed by atoms with Crippen LogP contribution in [0.1, 0.15) is 72.1 Å². The molecule has 0 saturated heterocycles. The van der Waals surface area contributed by atoms with Gasteiger partial charge >= 0.3 is 5.97 Å². The molecule has 0 aromatic heterocycles. The third-order valence-electron chi connectivity index (χ3n) is 8.73. The summed E-state index contributed by atoms with van der Waals surface area (Å²) in [5, 5.41) is 11.0. The zero-order valence-electron chi connectivity index (χ0n) is 16.1. The normalized spacial score (nSPS) is 53.4. The molecule has 5 heteroatoms. The fourth-order valence-corrected chi connectivity index (χ4v) is 7.34. The molecule has 26 heavy (non-hydrogen) atoms. The van der Waals surface area contributed by atoms with Gasteiger partial charge in [0.1, 0.15) is 17.6 Å². The lowest BCUT2D eigenvalue weighted by Gasteiger charge is -2.64. The smallest absolute Gasteiger partial charge is 0.302 e. The van der Waals surface area contributed by atoms with Crippen LogP contribution in [0.5, 0.6) is 0 Å². The van der Waals surface area contributed by atoms with Crippen molar-refractivity contribution in [2.75, 3.05) is 0 Å². The Bertz CT molecular complexity index is 636. The molecule has 0 heterocycles. The maximum atomic E-state index is 16.8. The Hall–Kier alpha value is -0.970. The van der Waals surface area contributed by atoms with Crippen LogP contribution in [0.2, 0.25) is 0 Å². The molecular weight excluding hydrogens is 335 g/mol. The van der Waals surface area contributed by atoms with Gasteiger partial charge in [-0.15, -0.1) is 0 Å². The van der Waals surface area contributed by atoms with E-state index in [1.165, 1.54) is 6.92 Å². The van der Waals surface area contributed by atoms with E-state index in [9.17, 15) is 14.7 Å². The molecule has 0 amide bonds. The average molecular weight is 366 g/mol. The monoisotopic (exact) mass is 366 g/mol. The predicted octanol–water partition coefficient (Wildman–Crippen LogP) is 3.59. The highest BCUT2D eigenvalue weighted by molar-refractivity contribution is 5.87. The lowest BCUT2D eigenvalue weighted by molar-refractivity contribution is -0.245. The lowest BCUT2D eigenvalue weighted by Crippen LogP contribution is -2.69. The largest absolute Gasteiger partial charge is 0.463 e. The maximum Gasteiger partial charge on any atom is 0.302 e. The van der Waals surface area contributed by atoms with Crippen LogP contribution in [0, 0.1) is 28.6 Å². The van der Waals surface area contributed by atoms with Crippen LogP contribution < -0.4 is 0 Å². The van der Waals surface area contributed by atoms with Gasteiger partial charge in [0.25, 0.3) is 0 Å². The van der Waals surface area contributed by atoms with E-state index in [0.29, 0.717) is 32.1 Å². The number of halogens is 1. The number of carbonyl (C=O) groups excluding carboxylic acids is 2. The van der Waals surface area contributed by atoms with E-state index in [4.69, 9.17) is 4.74 Å². The number of aliphatic hydroxyl groups is 1. The molecule has 0 aliphatic heterocycles. The number of carbonyl (C=O) groups is 2. The number of aliphatic hydroxyl groups excluding tert-OH is 1. The first kappa shape index (κ1) is 18.4. The van der Waals surface area contributed by atoms with Gasteiger partial charge in [-0.3, -0.25) is 9.59 Å². The van der Waals surface area contributed by atoms with E-state index in [-0.39, 0.29) is 42.0 Å². The minimum Gasteiger partial charge on any atom is -0.463 e. The van der Waals surface area contributed by atoms with E-state index >= 15 is 4.39 Å². The van der Waals surface area contributed by atoms with E-state index in [2.05, 4.69) is 0 Å². The number of hydrogen-bond acceptors (Lipinski definition) is 4. The Kier molecular flexibility index (Phi) is 4.08. The van der Waals surface area contributed by atoms with Gasteiger partial charge in [0, 0.05) is 24.2 Å². The van der Waals surface area contributed by atoms with E-state index < -0.39 is 22.6 Å². The second-order valence-corrected chi connectivity index (χ2v) is 9.78. The maximum absolute atomic E-state index is 16.8. The van der Waals surface area contributed by atoms with Crippen molar-refractivity contribution in [3.8, 4) is 0 Å². The summed E-state index contributed by atoms with van der Waals surface area (Å²) in [5.74, 6) is -0.158. The van der Waals surface area contributed by atoms with Crippen LogP contribution in [0.4, 0.5) is 4.39 Å². The fourth-order valence-electron chi connectivity index (χ4n) is 7.34. The molecule has 0 radical (unpaired) electrons. The molecule has 0 aromatic carbocycles. The highest BCUT2D eigenvalue weighted by atomic mass is 19.1. The van der Waals surface area contributed by atoms with Crippen LogP contribution in [0.25, 0.3) is 0 Å². The third kappa shape index (κ3) is 2.22. The summed E-state index contributed by atoms with van der Waals surface area (Å²) in [6.07, 6.45) is 3.87. The number of hydrogen-bond donors (Lipinski definition) is 1. The SMILES string of the molecule is CC(=O)O[C@H]1CC[C@@]2(C)[C@@H](CC[C@H]3[C@@H]4CCC(=O)[C@@]4(C)C[C@H](O)[C@@]32F)C1. The van der Waals surface area contributed by atoms with Crippen molar-refractivity contribution in [2.45, 2.75) is 90.0 Å². The quantitative estimate of drug-likeness (QED) is 0.720. The minimum absolute atomic E-state index is 0.0485. The van der Waals surface area contributed by atoms with Crippen LogP contribution in [-0.2, 0) is 14.3 Å². The molecule has 4 nitrogen and oxygen atoms in total. The van der Waals surface area contributed by atoms with Gasteiger partial charge in [0.15, 0.2) is 0 Å². The Balaban J connectivity index is 1.66. The Morgan fingerprint density at radius 3 is 2.62 bits per heavy atom.